The van der Waals surface area contributed by atoms with Crippen LogP contribution in [0.5, 0.6) is 0 Å². The fourth-order valence-corrected chi connectivity index (χ4v) is 0.573. The normalized spacial score (nSPS) is 11.1. The monoisotopic (exact) mass is 127 g/mol. The Kier molecular flexibility index (Phi) is 5.38. The van der Waals surface area contributed by atoms with E-state index in [4.69, 9.17) is 0 Å². The summed E-state index contributed by atoms with van der Waals surface area (Å²) < 4.78 is 0. The van der Waals surface area contributed by atoms with Crippen LogP contribution < -0.4 is 5.32 Å². The summed E-state index contributed by atoms with van der Waals surface area (Å²) in [6, 6.07) is 0. The van der Waals surface area contributed by atoms with Crippen molar-refractivity contribution in [1.29, 1.82) is 0 Å². The molecule has 0 radical (unpaired) electrons. The minimum absolute atomic E-state index is 0.808. The van der Waals surface area contributed by atoms with Crippen LogP contribution in [0.4, 0.5) is 0 Å². The van der Waals surface area contributed by atoms with Gasteiger partial charge in [0, 0.05) is 6.54 Å². The Bertz CT molecular complexity index is 74.6. The maximum atomic E-state index is 3.19. The van der Waals surface area contributed by atoms with Crippen LogP contribution >= 0.6 is 0 Å². The lowest BCUT2D eigenvalue weighted by Gasteiger charge is -2.02. The molecule has 0 aromatic heterocycles. The maximum Gasteiger partial charge on any atom is 0.0143 e. The van der Waals surface area contributed by atoms with Crippen LogP contribution in [0, 0.1) is 5.92 Å². The highest BCUT2D eigenvalue weighted by Crippen LogP contribution is 1.95. The second kappa shape index (κ2) is 5.67. The lowest BCUT2D eigenvalue weighted by atomic mass is 10.1. The van der Waals surface area contributed by atoms with Crippen LogP contribution in [-0.2, 0) is 0 Å². The number of hydrogen-bond acceptors (Lipinski definition) is 1. The third kappa shape index (κ3) is 7.54. The Morgan fingerprint density at radius 2 is 2.11 bits per heavy atom. The van der Waals surface area contributed by atoms with E-state index in [-0.39, 0.29) is 0 Å². The molecular weight excluding hydrogens is 110 g/mol. The molecule has 1 heteroatoms. The highest BCUT2D eigenvalue weighted by molar-refractivity contribution is 4.73. The molecule has 0 aliphatic carbocycles. The van der Waals surface area contributed by atoms with Gasteiger partial charge in [0.2, 0.25) is 0 Å². The predicted octanol–water partition coefficient (Wildman–Crippen LogP) is 2.16. The van der Waals surface area contributed by atoms with Crippen LogP contribution in [0.2, 0.25) is 0 Å². The van der Waals surface area contributed by atoms with Crippen molar-refractivity contribution in [2.24, 2.45) is 5.92 Å². The first-order chi connectivity index (χ1) is 4.27. The molecule has 54 valence electrons. The third-order valence-corrected chi connectivity index (χ3v) is 1.15. The molecule has 0 fully saturated rings. The molecule has 1 nitrogen and oxygen atoms in total. The highest BCUT2D eigenvalue weighted by atomic mass is 14.8. The van der Waals surface area contributed by atoms with Crippen molar-refractivity contribution in [3.8, 4) is 0 Å². The van der Waals surface area contributed by atoms with Crippen molar-refractivity contribution in [2.75, 3.05) is 6.54 Å². The van der Waals surface area contributed by atoms with Gasteiger partial charge in [-0.05, 0) is 25.5 Å². The van der Waals surface area contributed by atoms with E-state index in [0.717, 1.165) is 12.5 Å². The Labute approximate surface area is 58.2 Å². The molecule has 0 aliphatic rings. The molecule has 0 aliphatic heterocycles. The van der Waals surface area contributed by atoms with Crippen molar-refractivity contribution in [2.45, 2.75) is 27.2 Å². The van der Waals surface area contributed by atoms with E-state index in [0.29, 0.717) is 0 Å². The summed E-state index contributed by atoms with van der Waals surface area (Å²) in [6.45, 7) is 7.58. The molecule has 0 spiro atoms. The zero-order valence-electron chi connectivity index (χ0n) is 6.65. The lowest BCUT2D eigenvalue weighted by molar-refractivity contribution is 0.571. The quantitative estimate of drug-likeness (QED) is 0.571. The summed E-state index contributed by atoms with van der Waals surface area (Å²) in [5, 5.41) is 3.19. The average Bonchev–Trinajstić information content (AvgIpc) is 1.80. The third-order valence-electron chi connectivity index (χ3n) is 1.15. The summed E-state index contributed by atoms with van der Waals surface area (Å²) in [5.41, 5.74) is 0. The minimum Gasteiger partial charge on any atom is -0.391 e. The second-order valence-corrected chi connectivity index (χ2v) is 2.64. The van der Waals surface area contributed by atoms with E-state index in [2.05, 4.69) is 19.2 Å². The fourth-order valence-electron chi connectivity index (χ4n) is 0.573. The molecule has 0 aromatic rings. The average molecular weight is 127 g/mol. The van der Waals surface area contributed by atoms with E-state index in [1.54, 1.807) is 0 Å². The van der Waals surface area contributed by atoms with Crippen molar-refractivity contribution >= 4 is 0 Å². The molecule has 0 aromatic carbocycles. The highest BCUT2D eigenvalue weighted by Gasteiger charge is 1.88. The first kappa shape index (κ1) is 8.54. The standard InChI is InChI=1S/C8H17N/c1-4-6-9-7-5-8(2)3/h4,6,8-9H,5,7H2,1-3H3/b6-4-. The van der Waals surface area contributed by atoms with Gasteiger partial charge in [0.25, 0.3) is 0 Å². The SMILES string of the molecule is C/C=C\NCCC(C)C. The molecule has 0 saturated carbocycles. The van der Waals surface area contributed by atoms with E-state index < -0.39 is 0 Å². The molecule has 0 rings (SSSR count). The van der Waals surface area contributed by atoms with Crippen LogP contribution in [0.25, 0.3) is 0 Å². The van der Waals surface area contributed by atoms with Gasteiger partial charge in [0.1, 0.15) is 0 Å². The van der Waals surface area contributed by atoms with E-state index >= 15 is 0 Å². The minimum atomic E-state index is 0.808. The van der Waals surface area contributed by atoms with Gasteiger partial charge in [-0.1, -0.05) is 19.9 Å². The van der Waals surface area contributed by atoms with Crippen LogP contribution in [0.1, 0.15) is 27.2 Å². The first-order valence-corrected chi connectivity index (χ1v) is 3.62. The Hall–Kier alpha value is -0.460. The van der Waals surface area contributed by atoms with Gasteiger partial charge in [-0.3, -0.25) is 0 Å². The Morgan fingerprint density at radius 3 is 2.56 bits per heavy atom. The van der Waals surface area contributed by atoms with Gasteiger partial charge in [-0.15, -0.1) is 0 Å². The van der Waals surface area contributed by atoms with Crippen molar-refractivity contribution in [3.63, 3.8) is 0 Å². The zero-order chi connectivity index (χ0) is 7.11. The molecular formula is C8H17N. The van der Waals surface area contributed by atoms with E-state index in [1.807, 2.05) is 19.2 Å². The van der Waals surface area contributed by atoms with E-state index in [9.17, 15) is 0 Å². The summed E-state index contributed by atoms with van der Waals surface area (Å²) in [5.74, 6) is 0.808. The number of allylic oxidation sites excluding steroid dienone is 1. The maximum absolute atomic E-state index is 3.19. The summed E-state index contributed by atoms with van der Waals surface area (Å²) in [7, 11) is 0. The summed E-state index contributed by atoms with van der Waals surface area (Å²) >= 11 is 0. The number of hydrogen-bond donors (Lipinski definition) is 1. The molecule has 0 saturated heterocycles. The predicted molar refractivity (Wildman–Crippen MR) is 42.3 cm³/mol. The second-order valence-electron chi connectivity index (χ2n) is 2.64. The summed E-state index contributed by atoms with van der Waals surface area (Å²) in [6.07, 6.45) is 5.26. The molecule has 0 amide bonds. The first-order valence-electron chi connectivity index (χ1n) is 3.62. The molecule has 9 heavy (non-hydrogen) atoms. The molecule has 0 bridgehead atoms. The van der Waals surface area contributed by atoms with Gasteiger partial charge in [0.15, 0.2) is 0 Å². The fraction of sp³-hybridized carbons (Fsp3) is 0.750. The largest absolute Gasteiger partial charge is 0.391 e. The van der Waals surface area contributed by atoms with Gasteiger partial charge >= 0.3 is 0 Å². The topological polar surface area (TPSA) is 12.0 Å². The van der Waals surface area contributed by atoms with Crippen molar-refractivity contribution < 1.29 is 0 Å². The smallest absolute Gasteiger partial charge is 0.0143 e. The number of nitrogens with one attached hydrogen (secondary N) is 1. The van der Waals surface area contributed by atoms with Crippen LogP contribution in [0.3, 0.4) is 0 Å². The zero-order valence-corrected chi connectivity index (χ0v) is 6.65. The van der Waals surface area contributed by atoms with Gasteiger partial charge < -0.3 is 5.32 Å². The van der Waals surface area contributed by atoms with Crippen LogP contribution in [0.15, 0.2) is 12.3 Å². The molecule has 0 heterocycles. The van der Waals surface area contributed by atoms with Crippen molar-refractivity contribution in [3.05, 3.63) is 12.3 Å². The number of rotatable bonds is 4. The van der Waals surface area contributed by atoms with Gasteiger partial charge in [-0.25, -0.2) is 0 Å². The van der Waals surface area contributed by atoms with Crippen LogP contribution in [-0.4, -0.2) is 6.54 Å². The summed E-state index contributed by atoms with van der Waals surface area (Å²) in [4.78, 5) is 0. The molecule has 1 N–H and O–H groups in total. The molecule has 0 atom stereocenters. The van der Waals surface area contributed by atoms with Gasteiger partial charge in [0.05, 0.1) is 0 Å². The molecule has 0 unspecified atom stereocenters. The van der Waals surface area contributed by atoms with Crippen molar-refractivity contribution in [1.82, 2.24) is 5.32 Å². The lowest BCUT2D eigenvalue weighted by Crippen LogP contribution is -2.08. The Balaban J connectivity index is 2.91. The van der Waals surface area contributed by atoms with E-state index in [1.165, 1.54) is 6.42 Å². The van der Waals surface area contributed by atoms with Gasteiger partial charge in [-0.2, -0.15) is 0 Å². The Morgan fingerprint density at radius 1 is 1.44 bits per heavy atom.